The molecule has 1 aliphatic heterocycles. The number of allylic oxidation sites excluding steroid dienone is 2. The molecule has 0 aromatic carbocycles. The van der Waals surface area contributed by atoms with Crippen LogP contribution in [0.15, 0.2) is 24.3 Å². The first kappa shape index (κ1) is 5.03. The third-order valence-corrected chi connectivity index (χ3v) is 1.34. The van der Waals surface area contributed by atoms with Gasteiger partial charge in [0.25, 0.3) is 0 Å². The van der Waals surface area contributed by atoms with Gasteiger partial charge in [0.1, 0.15) is 0 Å². The summed E-state index contributed by atoms with van der Waals surface area (Å²) in [6, 6.07) is 0. The van der Waals surface area contributed by atoms with E-state index in [1.165, 1.54) is 0 Å². The third-order valence-electron chi connectivity index (χ3n) is 0.716. The maximum atomic E-state index is 2.00. The predicted octanol–water partition coefficient (Wildman–Crippen LogP) is 0.0321. The van der Waals surface area contributed by atoms with Crippen LogP contribution in [0.25, 0.3) is 0 Å². The van der Waals surface area contributed by atoms with Crippen LogP contribution < -0.4 is 0 Å². The zero-order valence-corrected chi connectivity index (χ0v) is 5.93. The maximum absolute atomic E-state index is 2.00. The average molecular weight is 150 g/mol. The second kappa shape index (κ2) is 2.26. The Morgan fingerprint density at radius 1 is 1.43 bits per heavy atom. The Balaban J connectivity index is 2.49. The fraction of sp³-hybridized carbons (Fsp3) is 0. The molecular formula is C4H4BGeN. The van der Waals surface area contributed by atoms with Crippen LogP contribution in [0.4, 0.5) is 0 Å². The molecule has 1 aliphatic rings. The van der Waals surface area contributed by atoms with Crippen molar-refractivity contribution in [3.63, 3.8) is 0 Å². The van der Waals surface area contributed by atoms with E-state index in [1.807, 2.05) is 52.2 Å². The van der Waals surface area contributed by atoms with Crippen LogP contribution in [-0.4, -0.2) is 27.9 Å². The summed E-state index contributed by atoms with van der Waals surface area (Å²) in [5, 5.41) is 0. The Morgan fingerprint density at radius 3 is 2.57 bits per heavy atom. The van der Waals surface area contributed by atoms with Crippen LogP contribution in [0.2, 0.25) is 0 Å². The SMILES string of the molecule is [Ge][N]1[B]C=CC=C1. The van der Waals surface area contributed by atoms with E-state index in [1.54, 1.807) is 0 Å². The van der Waals surface area contributed by atoms with Gasteiger partial charge in [-0.2, -0.15) is 0 Å². The summed E-state index contributed by atoms with van der Waals surface area (Å²) in [5.74, 6) is 2.00. The Hall–Kier alpha value is -0.112. The van der Waals surface area contributed by atoms with Crippen molar-refractivity contribution in [1.82, 2.24) is 3.77 Å². The van der Waals surface area contributed by atoms with Gasteiger partial charge in [-0.15, -0.1) is 0 Å². The molecule has 0 aromatic heterocycles. The molecule has 1 nitrogen and oxygen atoms in total. The first-order chi connectivity index (χ1) is 3.39. The fourth-order valence-corrected chi connectivity index (χ4v) is 0.760. The van der Waals surface area contributed by atoms with E-state index < -0.39 is 0 Å². The third kappa shape index (κ3) is 1.43. The van der Waals surface area contributed by atoms with Crippen molar-refractivity contribution >= 4 is 24.2 Å². The van der Waals surface area contributed by atoms with Crippen molar-refractivity contribution < 1.29 is 0 Å². The Morgan fingerprint density at radius 2 is 2.29 bits per heavy atom. The molecule has 7 heavy (non-hydrogen) atoms. The Labute approximate surface area is 52.8 Å². The molecular weight excluding hydrogens is 145 g/mol. The minimum atomic E-state index is 2.00. The number of rotatable bonds is 0. The van der Waals surface area contributed by atoms with Gasteiger partial charge in [-0.3, -0.25) is 0 Å². The molecule has 0 saturated heterocycles. The summed E-state index contributed by atoms with van der Waals surface area (Å²) in [4.78, 5) is 0. The molecule has 0 saturated carbocycles. The number of nitrogens with zero attached hydrogens (tertiary/aromatic N) is 1. The van der Waals surface area contributed by atoms with Crippen LogP contribution in [0.1, 0.15) is 0 Å². The van der Waals surface area contributed by atoms with Crippen molar-refractivity contribution in [3.8, 4) is 0 Å². The monoisotopic (exact) mass is 151 g/mol. The fourth-order valence-electron chi connectivity index (χ4n) is 0.399. The zero-order valence-electron chi connectivity index (χ0n) is 3.83. The molecule has 1 rings (SSSR count). The van der Waals surface area contributed by atoms with Gasteiger partial charge in [0.05, 0.1) is 0 Å². The van der Waals surface area contributed by atoms with Crippen LogP contribution in [0, 0.1) is 0 Å². The van der Waals surface area contributed by atoms with Gasteiger partial charge in [0, 0.05) is 0 Å². The summed E-state index contributed by atoms with van der Waals surface area (Å²) < 4.78 is 2.00. The molecule has 3 heteroatoms. The van der Waals surface area contributed by atoms with Gasteiger partial charge in [0.15, 0.2) is 0 Å². The Kier molecular flexibility index (Phi) is 1.63. The van der Waals surface area contributed by atoms with Gasteiger partial charge in [-0.25, -0.2) is 0 Å². The van der Waals surface area contributed by atoms with Crippen molar-refractivity contribution in [2.24, 2.45) is 0 Å². The zero-order chi connectivity index (χ0) is 5.11. The van der Waals surface area contributed by atoms with Crippen LogP contribution in [0.5, 0.6) is 0 Å². The summed E-state index contributed by atoms with van der Waals surface area (Å²) in [5.41, 5.74) is 0. The van der Waals surface area contributed by atoms with E-state index in [0.29, 0.717) is 0 Å². The van der Waals surface area contributed by atoms with Crippen LogP contribution >= 0.6 is 0 Å². The first-order valence-corrected chi connectivity index (χ1v) is 3.01. The molecule has 0 unspecified atom stereocenters. The van der Waals surface area contributed by atoms with Crippen LogP contribution in [0.3, 0.4) is 0 Å². The van der Waals surface area contributed by atoms with E-state index in [2.05, 4.69) is 0 Å². The second-order valence-electron chi connectivity index (χ2n) is 1.28. The van der Waals surface area contributed by atoms with Gasteiger partial charge in [-0.05, 0) is 0 Å². The van der Waals surface area contributed by atoms with E-state index >= 15 is 0 Å². The molecule has 0 fully saturated rings. The summed E-state index contributed by atoms with van der Waals surface area (Å²) in [6.07, 6.45) is 6.00. The van der Waals surface area contributed by atoms with E-state index in [0.717, 1.165) is 0 Å². The molecule has 0 N–H and O–H groups in total. The minimum absolute atomic E-state index is 2.00. The number of hydrogen-bond donors (Lipinski definition) is 0. The van der Waals surface area contributed by atoms with Crippen molar-refractivity contribution in [2.75, 3.05) is 0 Å². The number of hydrogen-bond acceptors (Lipinski definition) is 1. The molecule has 0 amide bonds. The molecule has 0 bridgehead atoms. The van der Waals surface area contributed by atoms with Crippen molar-refractivity contribution in [1.29, 1.82) is 0 Å². The van der Waals surface area contributed by atoms with Gasteiger partial charge in [0.2, 0.25) is 0 Å². The molecule has 0 aromatic rings. The van der Waals surface area contributed by atoms with E-state index in [4.69, 9.17) is 0 Å². The Bertz CT molecular complexity index is 110. The van der Waals surface area contributed by atoms with Gasteiger partial charge >= 0.3 is 52.2 Å². The summed E-state index contributed by atoms with van der Waals surface area (Å²) in [7, 11) is 2.00. The van der Waals surface area contributed by atoms with E-state index in [9.17, 15) is 0 Å². The van der Waals surface area contributed by atoms with Crippen molar-refractivity contribution in [3.05, 3.63) is 24.3 Å². The first-order valence-electron chi connectivity index (χ1n) is 2.07. The molecule has 32 valence electrons. The molecule has 4 radical (unpaired) electrons. The van der Waals surface area contributed by atoms with Crippen molar-refractivity contribution in [2.45, 2.75) is 0 Å². The van der Waals surface area contributed by atoms with Gasteiger partial charge < -0.3 is 0 Å². The quantitative estimate of drug-likeness (QED) is 0.440. The van der Waals surface area contributed by atoms with Crippen LogP contribution in [-0.2, 0) is 0 Å². The molecule has 0 aliphatic carbocycles. The van der Waals surface area contributed by atoms with E-state index in [-0.39, 0.29) is 0 Å². The molecule has 1 heterocycles. The predicted molar refractivity (Wildman–Crippen MR) is 31.6 cm³/mol. The standard InChI is InChI=1S/C4H4BGeN/c6-7-4-2-1-3-5-7/h1-4H. The normalized spacial score (nSPS) is 17.0. The summed E-state index contributed by atoms with van der Waals surface area (Å²) in [6.45, 7) is 0. The second-order valence-corrected chi connectivity index (χ2v) is 2.37. The average Bonchev–Trinajstić information content (AvgIpc) is 1.69. The molecule has 0 spiro atoms. The van der Waals surface area contributed by atoms with Gasteiger partial charge in [-0.1, -0.05) is 0 Å². The topological polar surface area (TPSA) is 3.24 Å². The molecule has 0 atom stereocenters. The summed E-state index contributed by atoms with van der Waals surface area (Å²) >= 11 is 2.00.